The minimum Gasteiger partial charge on any atom is -0.497 e. The predicted octanol–water partition coefficient (Wildman–Crippen LogP) is 10.6. The summed E-state index contributed by atoms with van der Waals surface area (Å²) in [6, 6.07) is 36.4. The van der Waals surface area contributed by atoms with E-state index in [0.29, 0.717) is 0 Å². The second kappa shape index (κ2) is 8.96. The lowest BCUT2D eigenvalue weighted by Crippen LogP contribution is -2.15. The van der Waals surface area contributed by atoms with Gasteiger partial charge in [0, 0.05) is 10.8 Å². The van der Waals surface area contributed by atoms with E-state index in [1.807, 2.05) is 0 Å². The number of ether oxygens (including phenoxy) is 1. The number of hydrogen-bond donors (Lipinski definition) is 0. The summed E-state index contributed by atoms with van der Waals surface area (Å²) in [4.78, 5) is 0. The van der Waals surface area contributed by atoms with Crippen LogP contribution in [0.5, 0.6) is 5.75 Å². The lowest BCUT2D eigenvalue weighted by molar-refractivity contribution is 0.414. The Labute approximate surface area is 239 Å². The van der Waals surface area contributed by atoms with E-state index in [9.17, 15) is 0 Å². The Morgan fingerprint density at radius 3 is 1.45 bits per heavy atom. The molecule has 0 saturated carbocycles. The topological polar surface area (TPSA) is 9.23 Å². The highest BCUT2D eigenvalue weighted by Gasteiger charge is 2.37. The summed E-state index contributed by atoms with van der Waals surface area (Å²) in [6.45, 7) is 11.6. The molecule has 0 saturated heterocycles. The standard InChI is InChI=1S/C38H34O.CH4/c1-23-17-27(19-28(18-23)39-6)26-13-16-32-31-15-12-25(21-35(31)38(4,5)36(32)22-26)24-11-14-30-29-9-7-8-10-33(29)37(2,3)34(30)20-24;/h7-22H,1-6H3;1H4. The van der Waals surface area contributed by atoms with Gasteiger partial charge in [-0.25, -0.2) is 0 Å². The van der Waals surface area contributed by atoms with Crippen LogP contribution in [0.1, 0.15) is 62.9 Å². The first-order valence-corrected chi connectivity index (χ1v) is 13.9. The van der Waals surface area contributed by atoms with Crippen molar-refractivity contribution in [3.8, 4) is 50.3 Å². The molecule has 40 heavy (non-hydrogen) atoms. The van der Waals surface area contributed by atoms with Gasteiger partial charge in [0.05, 0.1) is 7.11 Å². The molecule has 2 aliphatic rings. The Morgan fingerprint density at radius 2 is 0.925 bits per heavy atom. The summed E-state index contributed by atoms with van der Waals surface area (Å²) in [6.07, 6.45) is 0. The van der Waals surface area contributed by atoms with Gasteiger partial charge in [-0.05, 0) is 110 Å². The molecule has 0 spiro atoms. The number of fused-ring (bicyclic) bond motifs is 6. The molecule has 1 heteroatoms. The minimum absolute atomic E-state index is 0. The lowest BCUT2D eigenvalue weighted by Gasteiger charge is -2.23. The SMILES string of the molecule is C.COc1cc(C)cc(-c2ccc3c(c2)C(C)(C)c2cc(-c4ccc5c(c4)C(C)(C)c4ccccc4-5)ccc2-3)c1. The van der Waals surface area contributed by atoms with Gasteiger partial charge in [0.15, 0.2) is 0 Å². The van der Waals surface area contributed by atoms with E-state index in [4.69, 9.17) is 4.74 Å². The first kappa shape index (κ1) is 26.1. The van der Waals surface area contributed by atoms with E-state index in [0.717, 1.165) is 5.75 Å². The molecule has 0 heterocycles. The van der Waals surface area contributed by atoms with Crippen LogP contribution in [0.25, 0.3) is 44.5 Å². The zero-order valence-corrected chi connectivity index (χ0v) is 23.6. The van der Waals surface area contributed by atoms with Crippen LogP contribution in [0.4, 0.5) is 0 Å². The zero-order chi connectivity index (χ0) is 27.1. The largest absolute Gasteiger partial charge is 0.497 e. The first-order chi connectivity index (χ1) is 18.7. The maximum absolute atomic E-state index is 5.56. The van der Waals surface area contributed by atoms with Gasteiger partial charge in [0.1, 0.15) is 5.75 Å². The molecule has 0 N–H and O–H groups in total. The molecule has 5 aromatic rings. The van der Waals surface area contributed by atoms with Crippen LogP contribution in [0.3, 0.4) is 0 Å². The fourth-order valence-electron chi connectivity index (χ4n) is 7.01. The van der Waals surface area contributed by atoms with Gasteiger partial charge in [0.2, 0.25) is 0 Å². The van der Waals surface area contributed by atoms with Gasteiger partial charge < -0.3 is 4.74 Å². The zero-order valence-electron chi connectivity index (χ0n) is 23.6. The highest BCUT2D eigenvalue weighted by atomic mass is 16.5. The Balaban J connectivity index is 0.00000289. The molecule has 1 nitrogen and oxygen atoms in total. The molecular weight excluding hydrogens is 484 g/mol. The van der Waals surface area contributed by atoms with E-state index in [1.54, 1.807) is 7.11 Å². The Bertz CT molecular complexity index is 1800. The van der Waals surface area contributed by atoms with Crippen molar-refractivity contribution in [2.75, 3.05) is 7.11 Å². The molecule has 0 aliphatic heterocycles. The summed E-state index contributed by atoms with van der Waals surface area (Å²) in [7, 11) is 1.74. The van der Waals surface area contributed by atoms with Gasteiger partial charge in [-0.15, -0.1) is 0 Å². The molecule has 2 aliphatic carbocycles. The molecule has 0 radical (unpaired) electrons. The van der Waals surface area contributed by atoms with E-state index in [-0.39, 0.29) is 18.3 Å². The normalized spacial score (nSPS) is 14.9. The van der Waals surface area contributed by atoms with Crippen molar-refractivity contribution in [1.29, 1.82) is 0 Å². The third-order valence-electron chi connectivity index (χ3n) is 9.21. The van der Waals surface area contributed by atoms with Crippen molar-refractivity contribution < 1.29 is 4.74 Å². The summed E-state index contributed by atoms with van der Waals surface area (Å²) in [5.74, 6) is 0.901. The average Bonchev–Trinajstić information content (AvgIpc) is 3.31. The van der Waals surface area contributed by atoms with Crippen molar-refractivity contribution in [3.63, 3.8) is 0 Å². The lowest BCUT2D eigenvalue weighted by atomic mass is 9.80. The molecule has 0 fully saturated rings. The van der Waals surface area contributed by atoms with Crippen molar-refractivity contribution in [3.05, 3.63) is 125 Å². The molecule has 0 atom stereocenters. The summed E-state index contributed by atoms with van der Waals surface area (Å²) in [5, 5.41) is 0. The summed E-state index contributed by atoms with van der Waals surface area (Å²) >= 11 is 0. The molecule has 200 valence electrons. The van der Waals surface area contributed by atoms with Crippen molar-refractivity contribution in [1.82, 2.24) is 0 Å². The van der Waals surface area contributed by atoms with Crippen LogP contribution >= 0.6 is 0 Å². The molecule has 0 aromatic heterocycles. The monoisotopic (exact) mass is 522 g/mol. The summed E-state index contributed by atoms with van der Waals surface area (Å²) < 4.78 is 5.56. The fourth-order valence-corrected chi connectivity index (χ4v) is 7.01. The Morgan fingerprint density at radius 1 is 0.475 bits per heavy atom. The van der Waals surface area contributed by atoms with Crippen LogP contribution in [-0.4, -0.2) is 7.11 Å². The van der Waals surface area contributed by atoms with Gasteiger partial charge in [0.25, 0.3) is 0 Å². The van der Waals surface area contributed by atoms with Gasteiger partial charge >= 0.3 is 0 Å². The molecule has 7 rings (SSSR count). The van der Waals surface area contributed by atoms with Crippen LogP contribution in [0, 0.1) is 6.92 Å². The van der Waals surface area contributed by atoms with E-state index in [1.165, 1.54) is 72.3 Å². The second-order valence-corrected chi connectivity index (χ2v) is 12.3. The number of aryl methyl sites for hydroxylation is 1. The first-order valence-electron chi connectivity index (χ1n) is 13.9. The van der Waals surface area contributed by atoms with Crippen molar-refractivity contribution >= 4 is 0 Å². The second-order valence-electron chi connectivity index (χ2n) is 12.3. The van der Waals surface area contributed by atoms with Crippen LogP contribution < -0.4 is 4.74 Å². The Kier molecular flexibility index (Phi) is 5.86. The van der Waals surface area contributed by atoms with E-state index in [2.05, 4.69) is 132 Å². The van der Waals surface area contributed by atoms with Gasteiger partial charge in [-0.2, -0.15) is 0 Å². The highest BCUT2D eigenvalue weighted by Crippen LogP contribution is 2.52. The molecule has 0 amide bonds. The van der Waals surface area contributed by atoms with E-state index < -0.39 is 0 Å². The number of benzene rings is 5. The van der Waals surface area contributed by atoms with E-state index >= 15 is 0 Å². The summed E-state index contributed by atoms with van der Waals surface area (Å²) in [5.41, 5.74) is 17.2. The highest BCUT2D eigenvalue weighted by molar-refractivity contribution is 5.87. The molecule has 0 unspecified atom stereocenters. The Hall–Kier alpha value is -4.10. The fraction of sp³-hybridized carbons (Fsp3) is 0.231. The van der Waals surface area contributed by atoms with Crippen molar-refractivity contribution in [2.24, 2.45) is 0 Å². The van der Waals surface area contributed by atoms with Crippen LogP contribution in [0.2, 0.25) is 0 Å². The number of hydrogen-bond acceptors (Lipinski definition) is 1. The maximum atomic E-state index is 5.56. The minimum atomic E-state index is -0.0865. The number of rotatable bonds is 3. The van der Waals surface area contributed by atoms with Crippen LogP contribution in [-0.2, 0) is 10.8 Å². The molecule has 5 aromatic carbocycles. The van der Waals surface area contributed by atoms with Crippen molar-refractivity contribution in [2.45, 2.75) is 52.9 Å². The smallest absolute Gasteiger partial charge is 0.119 e. The quantitative estimate of drug-likeness (QED) is 0.229. The predicted molar refractivity (Wildman–Crippen MR) is 170 cm³/mol. The van der Waals surface area contributed by atoms with Crippen LogP contribution in [0.15, 0.2) is 97.1 Å². The molecule has 0 bridgehead atoms. The third-order valence-corrected chi connectivity index (χ3v) is 9.21. The average molecular weight is 523 g/mol. The third kappa shape index (κ3) is 3.68. The molecular formula is C39H38O. The maximum Gasteiger partial charge on any atom is 0.119 e. The number of methoxy groups -OCH3 is 1. The van der Waals surface area contributed by atoms with Gasteiger partial charge in [-0.1, -0.05) is 102 Å². The van der Waals surface area contributed by atoms with Gasteiger partial charge in [-0.3, -0.25) is 0 Å².